The Kier molecular flexibility index (Phi) is 3.46. The molecule has 1 aromatic carbocycles. The average molecular weight is 167 g/mol. The molecular weight excluding hydrogens is 154 g/mol. The summed E-state index contributed by atoms with van der Waals surface area (Å²) in [7, 11) is 0. The molecule has 1 nitrogen and oxygen atoms in total. The predicted molar refractivity (Wildman–Crippen MR) is 51.6 cm³/mol. The molecule has 0 aliphatic heterocycles. The van der Waals surface area contributed by atoms with E-state index in [0.717, 1.165) is 5.75 Å². The molecule has 2 N–H and O–H groups in total. The van der Waals surface area contributed by atoms with E-state index >= 15 is 0 Å². The van der Waals surface area contributed by atoms with Crippen molar-refractivity contribution in [2.24, 2.45) is 5.73 Å². The van der Waals surface area contributed by atoms with Gasteiger partial charge in [-0.2, -0.15) is 11.8 Å². The van der Waals surface area contributed by atoms with Crippen LogP contribution in [0.1, 0.15) is 11.1 Å². The van der Waals surface area contributed by atoms with Crippen molar-refractivity contribution < 1.29 is 0 Å². The van der Waals surface area contributed by atoms with Crippen LogP contribution in [0.3, 0.4) is 0 Å². The van der Waals surface area contributed by atoms with Crippen molar-refractivity contribution in [3.8, 4) is 0 Å². The van der Waals surface area contributed by atoms with Crippen LogP contribution < -0.4 is 5.73 Å². The van der Waals surface area contributed by atoms with Crippen molar-refractivity contribution >= 4 is 11.8 Å². The Morgan fingerprint density at radius 3 is 2.45 bits per heavy atom. The summed E-state index contributed by atoms with van der Waals surface area (Å²) < 4.78 is 0. The highest BCUT2D eigenvalue weighted by molar-refractivity contribution is 7.97. The molecule has 0 atom stereocenters. The molecule has 1 aromatic rings. The van der Waals surface area contributed by atoms with Crippen LogP contribution in [0.4, 0.5) is 0 Å². The van der Waals surface area contributed by atoms with Gasteiger partial charge in [0.05, 0.1) is 0 Å². The Morgan fingerprint density at radius 2 is 1.91 bits per heavy atom. The van der Waals surface area contributed by atoms with E-state index in [9.17, 15) is 0 Å². The number of thioether (sulfide) groups is 1. The van der Waals surface area contributed by atoms with Gasteiger partial charge in [-0.25, -0.2) is 0 Å². The highest BCUT2D eigenvalue weighted by Gasteiger charge is 1.96. The number of hydrogen-bond acceptors (Lipinski definition) is 2. The summed E-state index contributed by atoms with van der Waals surface area (Å²) in [5, 5.41) is 0. The summed E-state index contributed by atoms with van der Waals surface area (Å²) in [4.78, 5) is 0. The summed E-state index contributed by atoms with van der Waals surface area (Å²) in [6.07, 6.45) is 2.10. The zero-order valence-electron chi connectivity index (χ0n) is 6.71. The second kappa shape index (κ2) is 4.42. The Balaban J connectivity index is 2.83. The molecule has 0 aliphatic carbocycles. The van der Waals surface area contributed by atoms with Crippen molar-refractivity contribution in [2.75, 3.05) is 6.26 Å². The minimum atomic E-state index is 0.650. The van der Waals surface area contributed by atoms with Gasteiger partial charge in [-0.05, 0) is 17.4 Å². The van der Waals surface area contributed by atoms with E-state index in [4.69, 9.17) is 5.73 Å². The molecule has 0 radical (unpaired) electrons. The molecule has 0 aliphatic rings. The standard InChI is InChI=1S/C9H13NS/c1-11-7-9-5-3-2-4-8(9)6-10/h2-5H,6-7,10H2,1H3. The van der Waals surface area contributed by atoms with Gasteiger partial charge in [-0.1, -0.05) is 24.3 Å². The minimum Gasteiger partial charge on any atom is -0.326 e. The van der Waals surface area contributed by atoms with Crippen LogP contribution in [0.2, 0.25) is 0 Å². The Morgan fingerprint density at radius 1 is 1.27 bits per heavy atom. The fourth-order valence-electron chi connectivity index (χ4n) is 1.05. The van der Waals surface area contributed by atoms with Crippen molar-refractivity contribution in [2.45, 2.75) is 12.3 Å². The first-order chi connectivity index (χ1) is 5.38. The fourth-order valence-corrected chi connectivity index (χ4v) is 1.65. The molecule has 2 heteroatoms. The van der Waals surface area contributed by atoms with Gasteiger partial charge in [0.2, 0.25) is 0 Å². The summed E-state index contributed by atoms with van der Waals surface area (Å²) in [6.45, 7) is 0.650. The topological polar surface area (TPSA) is 26.0 Å². The molecule has 0 unspecified atom stereocenters. The van der Waals surface area contributed by atoms with Crippen LogP contribution in [-0.4, -0.2) is 6.26 Å². The maximum Gasteiger partial charge on any atom is 0.0185 e. The zero-order valence-corrected chi connectivity index (χ0v) is 7.53. The molecule has 11 heavy (non-hydrogen) atoms. The van der Waals surface area contributed by atoms with Gasteiger partial charge in [-0.3, -0.25) is 0 Å². The van der Waals surface area contributed by atoms with Gasteiger partial charge >= 0.3 is 0 Å². The Labute approximate surface area is 72.0 Å². The van der Waals surface area contributed by atoms with Crippen LogP contribution in [0.25, 0.3) is 0 Å². The lowest BCUT2D eigenvalue weighted by Gasteiger charge is -2.04. The third-order valence-electron chi connectivity index (χ3n) is 1.64. The summed E-state index contributed by atoms with van der Waals surface area (Å²) in [6, 6.07) is 8.32. The molecule has 1 rings (SSSR count). The van der Waals surface area contributed by atoms with E-state index < -0.39 is 0 Å². The molecule has 0 bridgehead atoms. The molecular formula is C9H13NS. The molecule has 0 amide bonds. The lowest BCUT2D eigenvalue weighted by atomic mass is 10.1. The first kappa shape index (κ1) is 8.62. The summed E-state index contributed by atoms with van der Waals surface area (Å²) in [5.41, 5.74) is 8.20. The molecule has 0 spiro atoms. The van der Waals surface area contributed by atoms with Crippen LogP contribution in [0, 0.1) is 0 Å². The van der Waals surface area contributed by atoms with E-state index in [2.05, 4.69) is 24.5 Å². The SMILES string of the molecule is CSCc1ccccc1CN. The highest BCUT2D eigenvalue weighted by Crippen LogP contribution is 2.13. The van der Waals surface area contributed by atoms with Gasteiger partial charge in [0.25, 0.3) is 0 Å². The van der Waals surface area contributed by atoms with E-state index in [-0.39, 0.29) is 0 Å². The normalized spacial score (nSPS) is 10.0. The van der Waals surface area contributed by atoms with Crippen molar-refractivity contribution in [1.82, 2.24) is 0 Å². The number of benzene rings is 1. The van der Waals surface area contributed by atoms with Gasteiger partial charge in [0.1, 0.15) is 0 Å². The van der Waals surface area contributed by atoms with Gasteiger partial charge < -0.3 is 5.73 Å². The quantitative estimate of drug-likeness (QED) is 0.745. The van der Waals surface area contributed by atoms with Gasteiger partial charge in [-0.15, -0.1) is 0 Å². The van der Waals surface area contributed by atoms with E-state index in [1.807, 2.05) is 17.8 Å². The van der Waals surface area contributed by atoms with Gasteiger partial charge in [0, 0.05) is 12.3 Å². The van der Waals surface area contributed by atoms with Crippen LogP contribution in [0.5, 0.6) is 0 Å². The van der Waals surface area contributed by atoms with Crippen LogP contribution in [-0.2, 0) is 12.3 Å². The molecule has 60 valence electrons. The van der Waals surface area contributed by atoms with E-state index in [1.165, 1.54) is 11.1 Å². The maximum atomic E-state index is 5.57. The Bertz CT molecular complexity index is 223. The molecule has 0 heterocycles. The first-order valence-electron chi connectivity index (χ1n) is 3.64. The van der Waals surface area contributed by atoms with E-state index in [1.54, 1.807) is 0 Å². The predicted octanol–water partition coefficient (Wildman–Crippen LogP) is 2.01. The van der Waals surface area contributed by atoms with Crippen molar-refractivity contribution in [3.63, 3.8) is 0 Å². The van der Waals surface area contributed by atoms with Crippen molar-refractivity contribution in [1.29, 1.82) is 0 Å². The monoisotopic (exact) mass is 167 g/mol. The van der Waals surface area contributed by atoms with Crippen LogP contribution in [0.15, 0.2) is 24.3 Å². The lowest BCUT2D eigenvalue weighted by Crippen LogP contribution is -1.99. The summed E-state index contributed by atoms with van der Waals surface area (Å²) in [5.74, 6) is 1.06. The third kappa shape index (κ3) is 2.24. The van der Waals surface area contributed by atoms with E-state index in [0.29, 0.717) is 6.54 Å². The zero-order chi connectivity index (χ0) is 8.10. The Hall–Kier alpha value is -0.470. The first-order valence-corrected chi connectivity index (χ1v) is 5.03. The lowest BCUT2D eigenvalue weighted by molar-refractivity contribution is 1.04. The van der Waals surface area contributed by atoms with Crippen molar-refractivity contribution in [3.05, 3.63) is 35.4 Å². The fraction of sp³-hybridized carbons (Fsp3) is 0.333. The molecule has 0 aromatic heterocycles. The minimum absolute atomic E-state index is 0.650. The number of rotatable bonds is 3. The summed E-state index contributed by atoms with van der Waals surface area (Å²) >= 11 is 1.83. The third-order valence-corrected chi connectivity index (χ3v) is 2.24. The highest BCUT2D eigenvalue weighted by atomic mass is 32.2. The number of hydrogen-bond donors (Lipinski definition) is 1. The second-order valence-electron chi connectivity index (χ2n) is 2.41. The largest absolute Gasteiger partial charge is 0.326 e. The maximum absolute atomic E-state index is 5.57. The second-order valence-corrected chi connectivity index (χ2v) is 3.27. The molecule has 0 saturated carbocycles. The molecule has 0 saturated heterocycles. The van der Waals surface area contributed by atoms with Crippen LogP contribution >= 0.6 is 11.8 Å². The average Bonchev–Trinajstić information content (AvgIpc) is 2.06. The molecule has 0 fully saturated rings. The number of nitrogens with two attached hydrogens (primary N) is 1. The van der Waals surface area contributed by atoms with Gasteiger partial charge in [0.15, 0.2) is 0 Å². The smallest absolute Gasteiger partial charge is 0.0185 e.